The van der Waals surface area contributed by atoms with Crippen LogP contribution in [0.25, 0.3) is 11.4 Å². The summed E-state index contributed by atoms with van der Waals surface area (Å²) in [6.45, 7) is 3.10. The molecule has 1 aliphatic heterocycles. The van der Waals surface area contributed by atoms with Gasteiger partial charge >= 0.3 is 0 Å². The van der Waals surface area contributed by atoms with E-state index in [1.165, 1.54) is 0 Å². The van der Waals surface area contributed by atoms with Crippen molar-refractivity contribution in [1.29, 1.82) is 0 Å². The molecule has 94 valence electrons. The molecule has 0 amide bonds. The van der Waals surface area contributed by atoms with Gasteiger partial charge in [0.05, 0.1) is 13.2 Å². The second kappa shape index (κ2) is 4.96. The maximum absolute atomic E-state index is 5.96. The first-order valence-electron chi connectivity index (χ1n) is 5.84. The summed E-state index contributed by atoms with van der Waals surface area (Å²) < 4.78 is 5.30. The summed E-state index contributed by atoms with van der Waals surface area (Å²) in [6, 6.07) is 7.56. The van der Waals surface area contributed by atoms with Crippen molar-refractivity contribution < 1.29 is 4.74 Å². The minimum Gasteiger partial charge on any atom is -0.378 e. The number of halogens is 1. The molecular formula is C12H13ClN4O. The minimum atomic E-state index is 0.692. The Bertz CT molecular complexity index is 536. The fourth-order valence-corrected chi connectivity index (χ4v) is 2.11. The average Bonchev–Trinajstić information content (AvgIpc) is 2.89. The topological polar surface area (TPSA) is 54.0 Å². The largest absolute Gasteiger partial charge is 0.378 e. The molecule has 1 N–H and O–H groups in total. The van der Waals surface area contributed by atoms with Crippen molar-refractivity contribution >= 4 is 17.5 Å². The Labute approximate surface area is 110 Å². The van der Waals surface area contributed by atoms with E-state index < -0.39 is 0 Å². The summed E-state index contributed by atoms with van der Waals surface area (Å²) in [5.41, 5.74) is 0.939. The predicted molar refractivity (Wildman–Crippen MR) is 69.9 cm³/mol. The fourth-order valence-electron chi connectivity index (χ4n) is 1.92. The molecule has 0 unspecified atom stereocenters. The molecule has 1 saturated heterocycles. The Kier molecular flexibility index (Phi) is 3.17. The van der Waals surface area contributed by atoms with Gasteiger partial charge in [-0.05, 0) is 12.1 Å². The zero-order valence-corrected chi connectivity index (χ0v) is 10.5. The van der Waals surface area contributed by atoms with Crippen LogP contribution in [-0.2, 0) is 4.74 Å². The number of ether oxygens (including phenoxy) is 1. The summed E-state index contributed by atoms with van der Waals surface area (Å²) in [7, 11) is 0. The summed E-state index contributed by atoms with van der Waals surface area (Å²) >= 11 is 5.96. The molecule has 2 heterocycles. The second-order valence-electron chi connectivity index (χ2n) is 4.09. The maximum atomic E-state index is 5.96. The zero-order valence-electron chi connectivity index (χ0n) is 9.77. The normalized spacial score (nSPS) is 15.9. The van der Waals surface area contributed by atoms with Crippen molar-refractivity contribution in [3.8, 4) is 11.4 Å². The predicted octanol–water partition coefficient (Wildman–Crippen LogP) is 1.96. The van der Waals surface area contributed by atoms with Crippen LogP contribution in [0.5, 0.6) is 0 Å². The monoisotopic (exact) mass is 264 g/mol. The lowest BCUT2D eigenvalue weighted by molar-refractivity contribution is 0.122. The van der Waals surface area contributed by atoms with Crippen LogP contribution in [0.3, 0.4) is 0 Å². The van der Waals surface area contributed by atoms with Crippen LogP contribution in [0.15, 0.2) is 24.3 Å². The van der Waals surface area contributed by atoms with Crippen LogP contribution in [-0.4, -0.2) is 41.5 Å². The average molecular weight is 265 g/mol. The van der Waals surface area contributed by atoms with Crippen LogP contribution in [0, 0.1) is 0 Å². The Morgan fingerprint density at radius 2 is 2.11 bits per heavy atom. The molecule has 0 aliphatic carbocycles. The van der Waals surface area contributed by atoms with E-state index in [9.17, 15) is 0 Å². The molecule has 0 atom stereocenters. The molecule has 0 saturated carbocycles. The van der Waals surface area contributed by atoms with Gasteiger partial charge in [-0.25, -0.2) is 0 Å². The van der Waals surface area contributed by atoms with Gasteiger partial charge < -0.3 is 9.64 Å². The number of nitrogens with one attached hydrogen (secondary N) is 1. The van der Waals surface area contributed by atoms with Gasteiger partial charge in [0, 0.05) is 23.7 Å². The molecule has 0 spiro atoms. The third-order valence-electron chi connectivity index (χ3n) is 2.87. The minimum absolute atomic E-state index is 0.692. The number of aromatic nitrogens is 3. The van der Waals surface area contributed by atoms with Crippen LogP contribution >= 0.6 is 11.6 Å². The summed E-state index contributed by atoms with van der Waals surface area (Å²) in [4.78, 5) is 6.60. The van der Waals surface area contributed by atoms with Crippen LogP contribution in [0.2, 0.25) is 5.02 Å². The first-order chi connectivity index (χ1) is 8.83. The molecule has 1 aliphatic rings. The van der Waals surface area contributed by atoms with E-state index >= 15 is 0 Å². The molecule has 18 heavy (non-hydrogen) atoms. The molecule has 5 nitrogen and oxygen atoms in total. The van der Waals surface area contributed by atoms with Crippen molar-refractivity contribution in [3.05, 3.63) is 29.3 Å². The highest BCUT2D eigenvalue weighted by molar-refractivity contribution is 6.30. The smallest absolute Gasteiger partial charge is 0.245 e. The van der Waals surface area contributed by atoms with Gasteiger partial charge in [0.1, 0.15) is 0 Å². The Hall–Kier alpha value is -1.59. The standard InChI is InChI=1S/C12H13ClN4O/c13-10-3-1-2-9(8-10)11-14-12(16-15-11)17-4-6-18-7-5-17/h1-3,8H,4-7H2,(H,14,15,16). The first kappa shape index (κ1) is 11.5. The molecule has 1 aromatic carbocycles. The van der Waals surface area contributed by atoms with Gasteiger partial charge in [-0.2, -0.15) is 4.98 Å². The number of H-pyrrole nitrogens is 1. The molecule has 0 bridgehead atoms. The maximum Gasteiger partial charge on any atom is 0.245 e. The van der Waals surface area contributed by atoms with E-state index in [0.717, 1.165) is 37.7 Å². The number of morpholine rings is 1. The lowest BCUT2D eigenvalue weighted by Gasteiger charge is -2.25. The molecule has 2 aromatic rings. The van der Waals surface area contributed by atoms with Crippen molar-refractivity contribution in [3.63, 3.8) is 0 Å². The van der Waals surface area contributed by atoms with Gasteiger partial charge in [-0.3, -0.25) is 5.10 Å². The first-order valence-corrected chi connectivity index (χ1v) is 6.22. The van der Waals surface area contributed by atoms with E-state index in [4.69, 9.17) is 16.3 Å². The highest BCUT2D eigenvalue weighted by atomic mass is 35.5. The fraction of sp³-hybridized carbons (Fsp3) is 0.333. The highest BCUT2D eigenvalue weighted by Gasteiger charge is 2.16. The summed E-state index contributed by atoms with van der Waals surface area (Å²) in [5.74, 6) is 1.45. The van der Waals surface area contributed by atoms with Gasteiger partial charge in [0.2, 0.25) is 5.95 Å². The lowest BCUT2D eigenvalue weighted by Crippen LogP contribution is -2.36. The van der Waals surface area contributed by atoms with E-state index in [1.54, 1.807) is 0 Å². The van der Waals surface area contributed by atoms with Gasteiger partial charge in [0.15, 0.2) is 5.82 Å². The van der Waals surface area contributed by atoms with Gasteiger partial charge in [-0.15, -0.1) is 5.10 Å². The van der Waals surface area contributed by atoms with Gasteiger partial charge in [0.25, 0.3) is 0 Å². The second-order valence-corrected chi connectivity index (χ2v) is 4.53. The van der Waals surface area contributed by atoms with E-state index in [2.05, 4.69) is 20.1 Å². The Morgan fingerprint density at radius 1 is 1.28 bits per heavy atom. The number of anilines is 1. The number of benzene rings is 1. The third kappa shape index (κ3) is 2.32. The molecule has 1 fully saturated rings. The van der Waals surface area contributed by atoms with Crippen molar-refractivity contribution in [2.24, 2.45) is 0 Å². The summed E-state index contributed by atoms with van der Waals surface area (Å²) in [6.07, 6.45) is 0. The number of hydrogen-bond acceptors (Lipinski definition) is 4. The van der Waals surface area contributed by atoms with Crippen molar-refractivity contribution in [1.82, 2.24) is 15.2 Å². The Morgan fingerprint density at radius 3 is 2.89 bits per heavy atom. The molecular weight excluding hydrogens is 252 g/mol. The number of rotatable bonds is 2. The lowest BCUT2D eigenvalue weighted by atomic mass is 10.2. The molecule has 6 heteroatoms. The number of aromatic amines is 1. The SMILES string of the molecule is Clc1cccc(-c2nc(N3CCOCC3)n[nH]2)c1. The third-order valence-corrected chi connectivity index (χ3v) is 3.10. The van der Waals surface area contributed by atoms with E-state index in [0.29, 0.717) is 11.0 Å². The zero-order chi connectivity index (χ0) is 12.4. The van der Waals surface area contributed by atoms with Crippen LogP contribution in [0.1, 0.15) is 0 Å². The molecule has 0 radical (unpaired) electrons. The molecule has 1 aromatic heterocycles. The number of hydrogen-bond donors (Lipinski definition) is 1. The van der Waals surface area contributed by atoms with Gasteiger partial charge in [-0.1, -0.05) is 23.7 Å². The van der Waals surface area contributed by atoms with E-state index in [1.807, 2.05) is 24.3 Å². The summed E-state index contributed by atoms with van der Waals surface area (Å²) in [5, 5.41) is 7.87. The van der Waals surface area contributed by atoms with Crippen LogP contribution < -0.4 is 4.90 Å². The quantitative estimate of drug-likeness (QED) is 0.901. The van der Waals surface area contributed by atoms with E-state index in [-0.39, 0.29) is 0 Å². The highest BCUT2D eigenvalue weighted by Crippen LogP contribution is 2.21. The van der Waals surface area contributed by atoms with Crippen molar-refractivity contribution in [2.45, 2.75) is 0 Å². The molecule has 3 rings (SSSR count). The Balaban J connectivity index is 1.84. The van der Waals surface area contributed by atoms with Crippen molar-refractivity contribution in [2.75, 3.05) is 31.2 Å². The van der Waals surface area contributed by atoms with Crippen LogP contribution in [0.4, 0.5) is 5.95 Å². The number of nitrogens with zero attached hydrogens (tertiary/aromatic N) is 3.